The number of carbonyl (C=O) groups excluding carboxylic acids is 1. The molecular formula is C21H21FN4O2. The fourth-order valence-electron chi connectivity index (χ4n) is 3.77. The number of fused-ring (bicyclic) bond motifs is 1. The molecule has 7 heteroatoms. The van der Waals surface area contributed by atoms with Gasteiger partial charge in [-0.2, -0.15) is 0 Å². The number of amides is 1. The van der Waals surface area contributed by atoms with E-state index in [4.69, 9.17) is 4.42 Å². The number of hydrogen-bond donors (Lipinski definition) is 1. The molecule has 0 atom stereocenters. The van der Waals surface area contributed by atoms with Crippen molar-refractivity contribution in [2.75, 3.05) is 18.4 Å². The van der Waals surface area contributed by atoms with Gasteiger partial charge in [-0.05, 0) is 32.3 Å². The van der Waals surface area contributed by atoms with Gasteiger partial charge < -0.3 is 14.6 Å². The van der Waals surface area contributed by atoms with Gasteiger partial charge in [-0.15, -0.1) is 0 Å². The number of carbonyl (C=O) groups is 1. The summed E-state index contributed by atoms with van der Waals surface area (Å²) in [4.78, 5) is 23.2. The maximum absolute atomic E-state index is 15.2. The van der Waals surface area contributed by atoms with Crippen LogP contribution in [0.3, 0.4) is 0 Å². The van der Waals surface area contributed by atoms with E-state index in [0.29, 0.717) is 33.8 Å². The first-order valence-corrected chi connectivity index (χ1v) is 9.45. The van der Waals surface area contributed by atoms with Gasteiger partial charge in [-0.1, -0.05) is 30.3 Å². The van der Waals surface area contributed by atoms with Crippen molar-refractivity contribution in [1.29, 1.82) is 0 Å². The minimum atomic E-state index is -1.51. The van der Waals surface area contributed by atoms with E-state index in [1.54, 1.807) is 19.1 Å². The Bertz CT molecular complexity index is 1070. The third-order valence-electron chi connectivity index (χ3n) is 5.76. The maximum Gasteiger partial charge on any atom is 0.258 e. The lowest BCUT2D eigenvalue weighted by Gasteiger charge is -2.44. The first-order chi connectivity index (χ1) is 13.4. The highest BCUT2D eigenvalue weighted by Gasteiger charge is 2.48. The van der Waals surface area contributed by atoms with E-state index in [-0.39, 0.29) is 24.5 Å². The number of aromatic nitrogens is 2. The van der Waals surface area contributed by atoms with Crippen LogP contribution in [-0.4, -0.2) is 39.4 Å². The molecule has 2 fully saturated rings. The summed E-state index contributed by atoms with van der Waals surface area (Å²) in [7, 11) is 0. The van der Waals surface area contributed by atoms with Crippen LogP contribution < -0.4 is 5.32 Å². The van der Waals surface area contributed by atoms with Gasteiger partial charge in [-0.3, -0.25) is 4.79 Å². The van der Waals surface area contributed by atoms with Crippen LogP contribution in [0.1, 0.15) is 41.4 Å². The molecule has 3 heterocycles. The predicted molar refractivity (Wildman–Crippen MR) is 103 cm³/mol. The van der Waals surface area contributed by atoms with Crippen LogP contribution in [-0.2, 0) is 5.67 Å². The molecule has 0 radical (unpaired) electrons. The standard InChI is InChI=1S/C21H21FN4O2/c1-13-15(16-17(25-20(2)8-9-20)23-12-24-18(16)28-13)19(27)26-10-21(22,11-26)14-6-4-3-5-7-14/h3-7,12H,8-11H2,1-2H3,(H,23,24,25). The molecule has 1 amide bonds. The van der Waals surface area contributed by atoms with Crippen LogP contribution in [0.5, 0.6) is 0 Å². The van der Waals surface area contributed by atoms with E-state index in [9.17, 15) is 4.79 Å². The minimum Gasteiger partial charge on any atom is -0.442 e. The third kappa shape index (κ3) is 2.65. The normalized spacial score (nSPS) is 19.3. The highest BCUT2D eigenvalue weighted by Crippen LogP contribution is 2.42. The smallest absolute Gasteiger partial charge is 0.258 e. The largest absolute Gasteiger partial charge is 0.442 e. The first-order valence-electron chi connectivity index (χ1n) is 9.45. The quantitative estimate of drug-likeness (QED) is 0.745. The van der Waals surface area contributed by atoms with Crippen molar-refractivity contribution in [1.82, 2.24) is 14.9 Å². The van der Waals surface area contributed by atoms with Gasteiger partial charge in [0.05, 0.1) is 24.0 Å². The molecule has 5 rings (SSSR count). The summed E-state index contributed by atoms with van der Waals surface area (Å²) < 4.78 is 20.9. The van der Waals surface area contributed by atoms with Crippen molar-refractivity contribution >= 4 is 22.8 Å². The van der Waals surface area contributed by atoms with Crippen LogP contribution in [0, 0.1) is 6.92 Å². The molecule has 1 aliphatic carbocycles. The first kappa shape index (κ1) is 17.2. The number of benzene rings is 1. The molecule has 0 unspecified atom stereocenters. The number of hydrogen-bond acceptors (Lipinski definition) is 5. The number of likely N-dealkylation sites (tertiary alicyclic amines) is 1. The lowest BCUT2D eigenvalue weighted by atomic mass is 9.87. The topological polar surface area (TPSA) is 71.3 Å². The van der Waals surface area contributed by atoms with Gasteiger partial charge in [-0.25, -0.2) is 14.4 Å². The summed E-state index contributed by atoms with van der Waals surface area (Å²) in [6.07, 6.45) is 3.53. The molecule has 1 N–H and O–H groups in total. The molecule has 6 nitrogen and oxygen atoms in total. The van der Waals surface area contributed by atoms with Gasteiger partial charge in [0, 0.05) is 5.54 Å². The molecule has 3 aromatic rings. The van der Waals surface area contributed by atoms with Crippen molar-refractivity contribution in [2.45, 2.75) is 37.9 Å². The average molecular weight is 380 g/mol. The lowest BCUT2D eigenvalue weighted by Crippen LogP contribution is -2.58. The molecule has 2 aliphatic rings. The summed E-state index contributed by atoms with van der Waals surface area (Å²) in [5, 5.41) is 3.98. The summed E-state index contributed by atoms with van der Waals surface area (Å²) in [6.45, 7) is 3.89. The zero-order valence-electron chi connectivity index (χ0n) is 15.8. The summed E-state index contributed by atoms with van der Waals surface area (Å²) >= 11 is 0. The molecule has 28 heavy (non-hydrogen) atoms. The molecule has 1 saturated carbocycles. The lowest BCUT2D eigenvalue weighted by molar-refractivity contribution is -0.0231. The number of rotatable bonds is 4. The zero-order valence-corrected chi connectivity index (χ0v) is 15.8. The monoisotopic (exact) mass is 380 g/mol. The van der Waals surface area contributed by atoms with Crippen molar-refractivity contribution in [2.24, 2.45) is 0 Å². The highest BCUT2D eigenvalue weighted by molar-refractivity contribution is 6.10. The molecule has 0 spiro atoms. The van der Waals surface area contributed by atoms with Crippen LogP contribution >= 0.6 is 0 Å². The van der Waals surface area contributed by atoms with Crippen molar-refractivity contribution in [3.63, 3.8) is 0 Å². The van der Waals surface area contributed by atoms with E-state index in [2.05, 4.69) is 22.2 Å². The Morgan fingerprint density at radius 2 is 1.93 bits per heavy atom. The Morgan fingerprint density at radius 1 is 1.21 bits per heavy atom. The number of halogens is 1. The van der Waals surface area contributed by atoms with Crippen LogP contribution in [0.15, 0.2) is 41.1 Å². The van der Waals surface area contributed by atoms with E-state index < -0.39 is 5.67 Å². The number of furan rings is 1. The van der Waals surface area contributed by atoms with E-state index in [1.807, 2.05) is 18.2 Å². The Balaban J connectivity index is 1.46. The number of nitrogens with one attached hydrogen (secondary N) is 1. The number of nitrogens with zero attached hydrogens (tertiary/aromatic N) is 3. The summed E-state index contributed by atoms with van der Waals surface area (Å²) in [5.41, 5.74) is -0.135. The number of alkyl halides is 1. The molecule has 0 bridgehead atoms. The average Bonchev–Trinajstić information content (AvgIpc) is 3.27. The second kappa shape index (κ2) is 5.77. The SMILES string of the molecule is Cc1oc2ncnc(NC3(C)CC3)c2c1C(=O)N1CC(F)(c2ccccc2)C1. The van der Waals surface area contributed by atoms with Crippen LogP contribution in [0.4, 0.5) is 10.2 Å². The van der Waals surface area contributed by atoms with Gasteiger partial charge >= 0.3 is 0 Å². The summed E-state index contributed by atoms with van der Waals surface area (Å²) in [5.74, 6) is 0.820. The molecule has 144 valence electrons. The molecule has 1 aliphatic heterocycles. The van der Waals surface area contributed by atoms with Gasteiger partial charge in [0.2, 0.25) is 5.71 Å². The summed E-state index contributed by atoms with van der Waals surface area (Å²) in [6, 6.07) is 8.98. The molecule has 1 aromatic carbocycles. The van der Waals surface area contributed by atoms with Crippen LogP contribution in [0.25, 0.3) is 11.1 Å². The van der Waals surface area contributed by atoms with Crippen molar-refractivity contribution in [3.05, 3.63) is 53.5 Å². The molecule has 2 aromatic heterocycles. The zero-order chi connectivity index (χ0) is 19.5. The third-order valence-corrected chi connectivity index (χ3v) is 5.76. The predicted octanol–water partition coefficient (Wildman–Crippen LogP) is 3.82. The Labute approximate surface area is 161 Å². The number of anilines is 1. The van der Waals surface area contributed by atoms with Crippen molar-refractivity contribution in [3.8, 4) is 0 Å². The fraction of sp³-hybridized carbons (Fsp3) is 0.381. The second-order valence-corrected chi connectivity index (χ2v) is 8.11. The van der Waals surface area contributed by atoms with Gasteiger partial charge in [0.1, 0.15) is 17.9 Å². The Kier molecular flexibility index (Phi) is 3.53. The minimum absolute atomic E-state index is 0.00900. The van der Waals surface area contributed by atoms with E-state index in [1.165, 1.54) is 11.2 Å². The number of aryl methyl sites for hydroxylation is 1. The highest BCUT2D eigenvalue weighted by atomic mass is 19.1. The van der Waals surface area contributed by atoms with Gasteiger partial charge in [0.25, 0.3) is 5.91 Å². The Hall–Kier alpha value is -2.96. The second-order valence-electron chi connectivity index (χ2n) is 8.11. The Morgan fingerprint density at radius 3 is 2.61 bits per heavy atom. The van der Waals surface area contributed by atoms with Crippen molar-refractivity contribution < 1.29 is 13.6 Å². The maximum atomic E-state index is 15.2. The van der Waals surface area contributed by atoms with Gasteiger partial charge in [0.15, 0.2) is 5.67 Å². The molecule has 1 saturated heterocycles. The van der Waals surface area contributed by atoms with E-state index in [0.717, 1.165) is 12.8 Å². The van der Waals surface area contributed by atoms with Crippen LogP contribution in [0.2, 0.25) is 0 Å². The molecular weight excluding hydrogens is 359 g/mol. The fourth-order valence-corrected chi connectivity index (χ4v) is 3.77. The van der Waals surface area contributed by atoms with E-state index >= 15 is 4.39 Å².